The first-order valence-corrected chi connectivity index (χ1v) is 5.95. The SMILES string of the molecule is OCC1CCc2nc(-c3ccccn3)cn2C1. The molecule has 4 heteroatoms. The molecule has 3 rings (SSSR count). The van der Waals surface area contributed by atoms with E-state index in [0.717, 1.165) is 36.6 Å². The van der Waals surface area contributed by atoms with Gasteiger partial charge in [-0.3, -0.25) is 4.98 Å². The van der Waals surface area contributed by atoms with Crippen molar-refractivity contribution in [2.75, 3.05) is 6.61 Å². The van der Waals surface area contributed by atoms with E-state index in [2.05, 4.69) is 14.5 Å². The zero-order valence-corrected chi connectivity index (χ0v) is 9.58. The summed E-state index contributed by atoms with van der Waals surface area (Å²) in [4.78, 5) is 8.91. The van der Waals surface area contributed by atoms with E-state index < -0.39 is 0 Å². The van der Waals surface area contributed by atoms with Crippen molar-refractivity contribution in [3.63, 3.8) is 0 Å². The summed E-state index contributed by atoms with van der Waals surface area (Å²) in [6.07, 6.45) is 5.79. The highest BCUT2D eigenvalue weighted by molar-refractivity contribution is 5.53. The third-order valence-electron chi connectivity index (χ3n) is 3.28. The van der Waals surface area contributed by atoms with Gasteiger partial charge in [-0.2, -0.15) is 0 Å². The second-order valence-electron chi connectivity index (χ2n) is 4.50. The number of aliphatic hydroxyl groups excluding tert-OH is 1. The second-order valence-corrected chi connectivity index (χ2v) is 4.50. The lowest BCUT2D eigenvalue weighted by Gasteiger charge is -2.21. The largest absolute Gasteiger partial charge is 0.396 e. The Morgan fingerprint density at radius 1 is 1.35 bits per heavy atom. The van der Waals surface area contributed by atoms with Gasteiger partial charge in [0.05, 0.1) is 5.69 Å². The Morgan fingerprint density at radius 2 is 2.29 bits per heavy atom. The van der Waals surface area contributed by atoms with Crippen LogP contribution in [0.25, 0.3) is 11.4 Å². The quantitative estimate of drug-likeness (QED) is 0.849. The van der Waals surface area contributed by atoms with E-state index in [-0.39, 0.29) is 6.61 Å². The van der Waals surface area contributed by atoms with E-state index in [9.17, 15) is 5.11 Å². The number of hydrogen-bond acceptors (Lipinski definition) is 3. The summed E-state index contributed by atoms with van der Waals surface area (Å²) >= 11 is 0. The normalized spacial score (nSPS) is 19.0. The smallest absolute Gasteiger partial charge is 0.109 e. The number of aliphatic hydroxyl groups is 1. The molecule has 1 unspecified atom stereocenters. The van der Waals surface area contributed by atoms with E-state index in [4.69, 9.17) is 0 Å². The fourth-order valence-corrected chi connectivity index (χ4v) is 2.30. The van der Waals surface area contributed by atoms with Crippen LogP contribution in [0.3, 0.4) is 0 Å². The molecule has 0 bridgehead atoms. The maximum absolute atomic E-state index is 9.19. The maximum Gasteiger partial charge on any atom is 0.109 e. The maximum atomic E-state index is 9.19. The average molecular weight is 229 g/mol. The van der Waals surface area contributed by atoms with Gasteiger partial charge in [-0.1, -0.05) is 6.07 Å². The van der Waals surface area contributed by atoms with Gasteiger partial charge in [-0.15, -0.1) is 0 Å². The van der Waals surface area contributed by atoms with Crippen LogP contribution in [-0.2, 0) is 13.0 Å². The molecule has 2 aromatic rings. The molecule has 0 radical (unpaired) electrons. The molecular formula is C13H15N3O. The first-order valence-electron chi connectivity index (χ1n) is 5.95. The molecule has 1 atom stereocenters. The molecule has 0 aliphatic carbocycles. The van der Waals surface area contributed by atoms with Crippen molar-refractivity contribution >= 4 is 0 Å². The summed E-state index contributed by atoms with van der Waals surface area (Å²) in [6.45, 7) is 1.13. The molecule has 17 heavy (non-hydrogen) atoms. The van der Waals surface area contributed by atoms with E-state index in [1.54, 1.807) is 6.20 Å². The number of aryl methyl sites for hydroxylation is 1. The Bertz CT molecular complexity index is 507. The molecule has 0 fully saturated rings. The third kappa shape index (κ3) is 1.96. The first kappa shape index (κ1) is 10.5. The zero-order valence-electron chi connectivity index (χ0n) is 9.58. The predicted octanol–water partition coefficient (Wildman–Crippen LogP) is 1.50. The minimum atomic E-state index is 0.260. The number of imidazole rings is 1. The molecule has 0 amide bonds. The van der Waals surface area contributed by atoms with Gasteiger partial charge in [0.1, 0.15) is 11.5 Å². The number of pyridine rings is 1. The minimum absolute atomic E-state index is 0.260. The molecule has 4 nitrogen and oxygen atoms in total. The van der Waals surface area contributed by atoms with Crippen LogP contribution in [0.1, 0.15) is 12.2 Å². The molecule has 1 N–H and O–H groups in total. The Morgan fingerprint density at radius 3 is 3.06 bits per heavy atom. The molecule has 1 aliphatic heterocycles. The van der Waals surface area contributed by atoms with Crippen LogP contribution >= 0.6 is 0 Å². The number of rotatable bonds is 2. The lowest BCUT2D eigenvalue weighted by atomic mass is 10.0. The van der Waals surface area contributed by atoms with E-state index >= 15 is 0 Å². The van der Waals surface area contributed by atoms with Gasteiger partial charge in [0.2, 0.25) is 0 Å². The molecule has 0 spiro atoms. The van der Waals surface area contributed by atoms with Crippen molar-refractivity contribution in [2.45, 2.75) is 19.4 Å². The van der Waals surface area contributed by atoms with Gasteiger partial charge in [0.15, 0.2) is 0 Å². The minimum Gasteiger partial charge on any atom is -0.396 e. The van der Waals surface area contributed by atoms with Crippen LogP contribution in [0, 0.1) is 5.92 Å². The number of hydrogen-bond donors (Lipinski definition) is 1. The summed E-state index contributed by atoms with van der Waals surface area (Å²) in [7, 11) is 0. The second kappa shape index (κ2) is 4.30. The van der Waals surface area contributed by atoms with Gasteiger partial charge < -0.3 is 9.67 Å². The molecule has 1 aliphatic rings. The Labute approximate surface area is 100.0 Å². The number of aromatic nitrogens is 3. The highest BCUT2D eigenvalue weighted by atomic mass is 16.3. The molecule has 0 saturated heterocycles. The third-order valence-corrected chi connectivity index (χ3v) is 3.28. The fraction of sp³-hybridized carbons (Fsp3) is 0.385. The molecule has 0 saturated carbocycles. The number of fused-ring (bicyclic) bond motifs is 1. The summed E-state index contributed by atoms with van der Waals surface area (Å²) in [6, 6.07) is 5.84. The van der Waals surface area contributed by atoms with Gasteiger partial charge in [0, 0.05) is 37.9 Å². The molecule has 2 aromatic heterocycles. The van der Waals surface area contributed by atoms with E-state index in [1.165, 1.54) is 0 Å². The Kier molecular flexibility index (Phi) is 2.65. The highest BCUT2D eigenvalue weighted by Gasteiger charge is 2.20. The van der Waals surface area contributed by atoms with Crippen molar-refractivity contribution in [3.05, 3.63) is 36.4 Å². The van der Waals surface area contributed by atoms with Gasteiger partial charge in [-0.05, 0) is 18.6 Å². The highest BCUT2D eigenvalue weighted by Crippen LogP contribution is 2.23. The topological polar surface area (TPSA) is 50.9 Å². The monoisotopic (exact) mass is 229 g/mol. The summed E-state index contributed by atoms with van der Waals surface area (Å²) < 4.78 is 2.15. The lowest BCUT2D eigenvalue weighted by molar-refractivity contribution is 0.190. The molecule has 88 valence electrons. The zero-order chi connectivity index (χ0) is 11.7. The summed E-state index contributed by atoms with van der Waals surface area (Å²) in [5.41, 5.74) is 1.84. The average Bonchev–Trinajstić information content (AvgIpc) is 2.82. The van der Waals surface area contributed by atoms with Crippen LogP contribution in [0.15, 0.2) is 30.6 Å². The Balaban J connectivity index is 1.93. The van der Waals surface area contributed by atoms with E-state index in [1.807, 2.05) is 24.4 Å². The van der Waals surface area contributed by atoms with Crippen molar-refractivity contribution in [3.8, 4) is 11.4 Å². The van der Waals surface area contributed by atoms with Gasteiger partial charge in [-0.25, -0.2) is 4.98 Å². The lowest BCUT2D eigenvalue weighted by Crippen LogP contribution is -2.22. The first-order chi connectivity index (χ1) is 8.36. The van der Waals surface area contributed by atoms with Gasteiger partial charge in [0.25, 0.3) is 0 Å². The molecular weight excluding hydrogens is 214 g/mol. The van der Waals surface area contributed by atoms with Gasteiger partial charge >= 0.3 is 0 Å². The standard InChI is InChI=1S/C13H15N3O/c17-9-10-4-5-13-15-12(8-16(13)7-10)11-3-1-2-6-14-11/h1-3,6,8,10,17H,4-5,7,9H2. The Hall–Kier alpha value is -1.68. The fourth-order valence-electron chi connectivity index (χ4n) is 2.30. The van der Waals surface area contributed by atoms with Crippen molar-refractivity contribution in [1.29, 1.82) is 0 Å². The summed E-state index contributed by atoms with van der Waals surface area (Å²) in [5, 5.41) is 9.19. The van der Waals surface area contributed by atoms with Crippen LogP contribution in [0.4, 0.5) is 0 Å². The summed E-state index contributed by atoms with van der Waals surface area (Å²) in [5.74, 6) is 1.48. The predicted molar refractivity (Wildman–Crippen MR) is 64.4 cm³/mol. The van der Waals surface area contributed by atoms with Crippen molar-refractivity contribution in [2.24, 2.45) is 5.92 Å². The van der Waals surface area contributed by atoms with Crippen LogP contribution in [0.5, 0.6) is 0 Å². The molecule has 3 heterocycles. The number of nitrogens with zero attached hydrogens (tertiary/aromatic N) is 3. The van der Waals surface area contributed by atoms with Crippen molar-refractivity contribution in [1.82, 2.24) is 14.5 Å². The molecule has 0 aromatic carbocycles. The van der Waals surface area contributed by atoms with Crippen molar-refractivity contribution < 1.29 is 5.11 Å². The van der Waals surface area contributed by atoms with Crippen LogP contribution < -0.4 is 0 Å². The van der Waals surface area contributed by atoms with Crippen LogP contribution in [0.2, 0.25) is 0 Å². The van der Waals surface area contributed by atoms with Crippen LogP contribution in [-0.4, -0.2) is 26.2 Å². The van der Waals surface area contributed by atoms with E-state index in [0.29, 0.717) is 5.92 Å².